The number of ether oxygens (including phenoxy) is 1. The van der Waals surface area contributed by atoms with E-state index >= 15 is 0 Å². The Morgan fingerprint density at radius 2 is 1.82 bits per heavy atom. The van der Waals surface area contributed by atoms with Crippen LogP contribution in [0.4, 0.5) is 25.1 Å². The van der Waals surface area contributed by atoms with Gasteiger partial charge in [0.2, 0.25) is 5.95 Å². The molecule has 1 amide bonds. The van der Waals surface area contributed by atoms with Crippen LogP contribution < -0.4 is 10.2 Å². The second-order valence-electron chi connectivity index (χ2n) is 8.54. The number of pyridine rings is 3. The molecule has 1 spiro atoms. The summed E-state index contributed by atoms with van der Waals surface area (Å²) in [5, 5.41) is 3.34. The van der Waals surface area contributed by atoms with E-state index in [0.29, 0.717) is 23.8 Å². The van der Waals surface area contributed by atoms with Crippen LogP contribution in [0.25, 0.3) is 11.3 Å². The standard InChI is InChI=1S/C24H23F2N5O2.ClH/c25-18-3-1-11-27-21(18)17-5-6-20(30-14-17)29-13-16-7-9-24(10-8-16)15-31(23(32)33-24)19-4-2-12-28-22(19)26;/h1-6,11-12,14,16H,7-10,13,15H2,(H,29,30);1H/t16-,24-;. The van der Waals surface area contributed by atoms with Crippen molar-refractivity contribution in [3.05, 3.63) is 66.8 Å². The molecule has 0 bridgehead atoms. The van der Waals surface area contributed by atoms with Gasteiger partial charge < -0.3 is 10.1 Å². The lowest BCUT2D eigenvalue weighted by atomic mass is 9.78. The zero-order chi connectivity index (χ0) is 22.8. The minimum atomic E-state index is -0.673. The number of nitrogens with one attached hydrogen (secondary N) is 1. The Labute approximate surface area is 202 Å². The average molecular weight is 488 g/mol. The number of nitrogens with zero attached hydrogens (tertiary/aromatic N) is 4. The summed E-state index contributed by atoms with van der Waals surface area (Å²) in [5.74, 6) is 0.0522. The monoisotopic (exact) mass is 487 g/mol. The molecule has 1 aliphatic carbocycles. The van der Waals surface area contributed by atoms with Gasteiger partial charge >= 0.3 is 6.09 Å². The summed E-state index contributed by atoms with van der Waals surface area (Å²) in [6.07, 6.45) is 7.17. The lowest BCUT2D eigenvalue weighted by molar-refractivity contribution is 0.0148. The van der Waals surface area contributed by atoms with Gasteiger partial charge in [0.15, 0.2) is 0 Å². The third-order valence-electron chi connectivity index (χ3n) is 6.38. The highest BCUT2D eigenvalue weighted by Gasteiger charge is 2.48. The second-order valence-corrected chi connectivity index (χ2v) is 8.54. The Morgan fingerprint density at radius 3 is 2.53 bits per heavy atom. The fourth-order valence-electron chi connectivity index (χ4n) is 4.54. The van der Waals surface area contributed by atoms with Crippen LogP contribution in [0.5, 0.6) is 0 Å². The molecule has 1 aliphatic heterocycles. The number of rotatable bonds is 5. The van der Waals surface area contributed by atoms with Crippen molar-refractivity contribution in [2.24, 2.45) is 5.92 Å². The molecule has 0 unspecified atom stereocenters. The van der Waals surface area contributed by atoms with Crippen LogP contribution in [0.3, 0.4) is 0 Å². The number of hydrogen-bond donors (Lipinski definition) is 1. The largest absolute Gasteiger partial charge is 0.441 e. The molecule has 0 atom stereocenters. The molecule has 0 radical (unpaired) electrons. The predicted molar refractivity (Wildman–Crippen MR) is 126 cm³/mol. The van der Waals surface area contributed by atoms with Gasteiger partial charge in [-0.3, -0.25) is 9.88 Å². The first-order valence-corrected chi connectivity index (χ1v) is 10.9. The summed E-state index contributed by atoms with van der Waals surface area (Å²) in [6.45, 7) is 1.07. The highest BCUT2D eigenvalue weighted by atomic mass is 35.5. The Bertz CT molecular complexity index is 1160. The molecule has 0 aromatic carbocycles. The number of hydrogen-bond acceptors (Lipinski definition) is 6. The zero-order valence-electron chi connectivity index (χ0n) is 18.3. The third kappa shape index (κ3) is 4.79. The maximum atomic E-state index is 14.0. The van der Waals surface area contributed by atoms with Crippen molar-refractivity contribution >= 4 is 30.0 Å². The van der Waals surface area contributed by atoms with E-state index in [9.17, 15) is 13.6 Å². The molecule has 4 heterocycles. The van der Waals surface area contributed by atoms with Crippen LogP contribution in [-0.2, 0) is 4.74 Å². The quantitative estimate of drug-likeness (QED) is 0.496. The van der Waals surface area contributed by atoms with Gasteiger partial charge in [0.1, 0.15) is 28.6 Å². The van der Waals surface area contributed by atoms with Crippen LogP contribution in [0.1, 0.15) is 25.7 Å². The molecule has 1 saturated carbocycles. The number of halogens is 3. The molecular weight excluding hydrogens is 464 g/mol. The average Bonchev–Trinajstić information content (AvgIpc) is 3.15. The van der Waals surface area contributed by atoms with Crippen LogP contribution in [0.15, 0.2) is 55.0 Å². The number of carbonyl (C=O) groups is 1. The van der Waals surface area contributed by atoms with Crippen molar-refractivity contribution < 1.29 is 18.3 Å². The normalized spacial score (nSPS) is 21.8. The summed E-state index contributed by atoms with van der Waals surface area (Å²) in [4.78, 5) is 25.8. The van der Waals surface area contributed by atoms with E-state index in [2.05, 4.69) is 20.3 Å². The maximum absolute atomic E-state index is 14.0. The Hall–Kier alpha value is -3.33. The minimum absolute atomic E-state index is 0. The summed E-state index contributed by atoms with van der Waals surface area (Å²) >= 11 is 0. The minimum Gasteiger partial charge on any atom is -0.441 e. The van der Waals surface area contributed by atoms with E-state index in [1.807, 2.05) is 6.07 Å². The number of anilines is 2. The van der Waals surface area contributed by atoms with E-state index in [0.717, 1.165) is 32.2 Å². The van der Waals surface area contributed by atoms with Crippen LogP contribution in [0, 0.1) is 17.7 Å². The zero-order valence-corrected chi connectivity index (χ0v) is 19.1. The highest BCUT2D eigenvalue weighted by Crippen LogP contribution is 2.41. The molecule has 2 aliphatic rings. The molecule has 34 heavy (non-hydrogen) atoms. The van der Waals surface area contributed by atoms with Gasteiger partial charge in [-0.05, 0) is 68.0 Å². The lowest BCUT2D eigenvalue weighted by Crippen LogP contribution is -2.39. The smallest absolute Gasteiger partial charge is 0.415 e. The molecule has 178 valence electrons. The summed E-state index contributed by atoms with van der Waals surface area (Å²) < 4.78 is 33.6. The van der Waals surface area contributed by atoms with E-state index in [-0.39, 0.29) is 29.6 Å². The number of aromatic nitrogens is 3. The van der Waals surface area contributed by atoms with E-state index in [4.69, 9.17) is 4.74 Å². The summed E-state index contributed by atoms with van der Waals surface area (Å²) in [7, 11) is 0. The van der Waals surface area contributed by atoms with Crippen molar-refractivity contribution in [1.82, 2.24) is 15.0 Å². The summed E-state index contributed by atoms with van der Waals surface area (Å²) in [5.41, 5.74) is 0.474. The fourth-order valence-corrected chi connectivity index (χ4v) is 4.54. The maximum Gasteiger partial charge on any atom is 0.415 e. The van der Waals surface area contributed by atoms with Crippen molar-refractivity contribution in [3.63, 3.8) is 0 Å². The molecule has 10 heteroatoms. The van der Waals surface area contributed by atoms with Gasteiger partial charge in [-0.25, -0.2) is 19.2 Å². The van der Waals surface area contributed by atoms with E-state index < -0.39 is 17.6 Å². The van der Waals surface area contributed by atoms with Crippen LogP contribution in [0.2, 0.25) is 0 Å². The molecule has 3 aromatic rings. The first-order valence-electron chi connectivity index (χ1n) is 10.9. The SMILES string of the molecule is Cl.O=C1O[C@]2(CC[C@H](CNc3ccc(-c4ncccc4F)cn3)CC2)CN1c1cccnc1F. The predicted octanol–water partition coefficient (Wildman–Crippen LogP) is 5.24. The second kappa shape index (κ2) is 9.89. The van der Waals surface area contributed by atoms with Gasteiger partial charge in [0.05, 0.1) is 6.54 Å². The van der Waals surface area contributed by atoms with E-state index in [1.165, 1.54) is 17.2 Å². The Morgan fingerprint density at radius 1 is 1.06 bits per heavy atom. The molecular formula is C24H24ClF2N5O2. The number of carbonyl (C=O) groups excluding carboxylic acids is 1. The van der Waals surface area contributed by atoms with Crippen molar-refractivity contribution in [1.29, 1.82) is 0 Å². The van der Waals surface area contributed by atoms with E-state index in [1.54, 1.807) is 36.7 Å². The first-order chi connectivity index (χ1) is 16.0. The molecule has 3 aromatic heterocycles. The van der Waals surface area contributed by atoms with Gasteiger partial charge in [0.25, 0.3) is 0 Å². The van der Waals surface area contributed by atoms with Crippen molar-refractivity contribution in [3.8, 4) is 11.3 Å². The van der Waals surface area contributed by atoms with Crippen molar-refractivity contribution in [2.75, 3.05) is 23.3 Å². The molecule has 5 rings (SSSR count). The number of amides is 1. The third-order valence-corrected chi connectivity index (χ3v) is 6.38. The van der Waals surface area contributed by atoms with Crippen LogP contribution >= 0.6 is 12.4 Å². The lowest BCUT2D eigenvalue weighted by Gasteiger charge is -2.35. The topological polar surface area (TPSA) is 80.2 Å². The van der Waals surface area contributed by atoms with Gasteiger partial charge in [-0.2, -0.15) is 4.39 Å². The van der Waals surface area contributed by atoms with Gasteiger partial charge in [-0.15, -0.1) is 12.4 Å². The molecule has 1 N–H and O–H groups in total. The van der Waals surface area contributed by atoms with Crippen LogP contribution in [-0.4, -0.2) is 39.7 Å². The van der Waals surface area contributed by atoms with Gasteiger partial charge in [0, 0.05) is 30.7 Å². The Balaban J connectivity index is 0.00000274. The fraction of sp³-hybridized carbons (Fsp3) is 0.333. The molecule has 2 fully saturated rings. The summed E-state index contributed by atoms with van der Waals surface area (Å²) in [6, 6.07) is 9.68. The Kier molecular flexibility index (Phi) is 6.92. The highest BCUT2D eigenvalue weighted by molar-refractivity contribution is 5.90. The van der Waals surface area contributed by atoms with Gasteiger partial charge in [-0.1, -0.05) is 0 Å². The molecule has 7 nitrogen and oxygen atoms in total. The molecule has 1 saturated heterocycles. The first kappa shape index (κ1) is 23.8. The van der Waals surface area contributed by atoms with Crippen molar-refractivity contribution in [2.45, 2.75) is 31.3 Å².